The van der Waals surface area contributed by atoms with Crippen LogP contribution in [-0.2, 0) is 16.0 Å². The molecule has 0 fully saturated rings. The van der Waals surface area contributed by atoms with E-state index < -0.39 is 29.7 Å². The summed E-state index contributed by atoms with van der Waals surface area (Å²) in [5.74, 6) is -1.68. The van der Waals surface area contributed by atoms with Gasteiger partial charge in [0.25, 0.3) is 0 Å². The van der Waals surface area contributed by atoms with E-state index in [1.165, 1.54) is 0 Å². The summed E-state index contributed by atoms with van der Waals surface area (Å²) in [5.41, 5.74) is 5.45. The molecule has 1 unspecified atom stereocenters. The molecule has 3 N–H and O–H groups in total. The zero-order chi connectivity index (χ0) is 18.8. The maximum Gasteiger partial charge on any atom is 0.407 e. The van der Waals surface area contributed by atoms with E-state index in [1.807, 2.05) is 0 Å². The topological polar surface area (TPSA) is 81.4 Å². The fraction of sp³-hybridized carbons (Fsp3) is 0.556. The molecule has 5 nitrogen and oxygen atoms in total. The lowest BCUT2D eigenvalue weighted by molar-refractivity contribution is -0.119. The number of hydrogen-bond donors (Lipinski definition) is 2. The van der Waals surface area contributed by atoms with Crippen LogP contribution in [0.2, 0.25) is 0 Å². The molecule has 1 aromatic carbocycles. The van der Waals surface area contributed by atoms with E-state index in [0.717, 1.165) is 43.9 Å². The highest BCUT2D eigenvalue weighted by Crippen LogP contribution is 2.11. The number of ether oxygens (including phenoxy) is 1. The van der Waals surface area contributed by atoms with E-state index in [-0.39, 0.29) is 18.6 Å². The van der Waals surface area contributed by atoms with Crippen LogP contribution in [0.3, 0.4) is 0 Å². The zero-order valence-electron chi connectivity index (χ0n) is 14.7. The van der Waals surface area contributed by atoms with Gasteiger partial charge in [-0.2, -0.15) is 0 Å². The Hall–Kier alpha value is -2.18. The van der Waals surface area contributed by atoms with Crippen molar-refractivity contribution >= 4 is 12.0 Å². The summed E-state index contributed by atoms with van der Waals surface area (Å²) in [6.45, 7) is 4.54. The Morgan fingerprint density at radius 2 is 1.76 bits per heavy atom. The first-order chi connectivity index (χ1) is 11.8. The van der Waals surface area contributed by atoms with Crippen molar-refractivity contribution in [2.75, 3.05) is 6.61 Å². The van der Waals surface area contributed by atoms with Crippen molar-refractivity contribution in [2.45, 2.75) is 52.0 Å². The first kappa shape index (κ1) is 20.9. The highest BCUT2D eigenvalue weighted by atomic mass is 19.1. The minimum absolute atomic E-state index is 0.118. The highest BCUT2D eigenvalue weighted by molar-refractivity contribution is 5.84. The molecule has 1 rings (SSSR count). The van der Waals surface area contributed by atoms with Gasteiger partial charge in [0.1, 0.15) is 17.7 Å². The number of nitrogens with two attached hydrogens (primary N) is 1. The van der Waals surface area contributed by atoms with Crippen LogP contribution in [0.1, 0.15) is 45.1 Å². The Kier molecular flexibility index (Phi) is 8.88. The van der Waals surface area contributed by atoms with Gasteiger partial charge < -0.3 is 15.8 Å². The third-order valence-corrected chi connectivity index (χ3v) is 3.66. The molecular weight excluding hydrogens is 330 g/mol. The Morgan fingerprint density at radius 3 is 2.32 bits per heavy atom. The van der Waals surface area contributed by atoms with Gasteiger partial charge in [-0.05, 0) is 30.0 Å². The van der Waals surface area contributed by atoms with Crippen LogP contribution >= 0.6 is 0 Å². The van der Waals surface area contributed by atoms with Crippen molar-refractivity contribution in [3.05, 3.63) is 35.4 Å². The molecule has 2 amide bonds. The van der Waals surface area contributed by atoms with Crippen molar-refractivity contribution in [2.24, 2.45) is 11.7 Å². The van der Waals surface area contributed by atoms with Crippen molar-refractivity contribution in [3.63, 3.8) is 0 Å². The first-order valence-corrected chi connectivity index (χ1v) is 8.45. The quantitative estimate of drug-likeness (QED) is 0.631. The summed E-state index contributed by atoms with van der Waals surface area (Å²) in [7, 11) is 0. The summed E-state index contributed by atoms with van der Waals surface area (Å²) in [4.78, 5) is 23.2. The molecule has 0 heterocycles. The van der Waals surface area contributed by atoms with Crippen LogP contribution in [-0.4, -0.2) is 24.6 Å². The number of hydrogen-bond acceptors (Lipinski definition) is 3. The molecule has 0 aliphatic rings. The van der Waals surface area contributed by atoms with E-state index in [0.29, 0.717) is 5.92 Å². The summed E-state index contributed by atoms with van der Waals surface area (Å²) < 4.78 is 31.4. The van der Waals surface area contributed by atoms with Gasteiger partial charge in [-0.3, -0.25) is 4.79 Å². The molecule has 0 aliphatic heterocycles. The fourth-order valence-corrected chi connectivity index (χ4v) is 2.37. The second-order valence-corrected chi connectivity index (χ2v) is 6.46. The summed E-state index contributed by atoms with van der Waals surface area (Å²) >= 11 is 0. The normalized spacial score (nSPS) is 12.0. The molecule has 7 heteroatoms. The lowest BCUT2D eigenvalue weighted by atomic mass is 10.1. The van der Waals surface area contributed by atoms with Crippen LogP contribution in [0.15, 0.2) is 18.2 Å². The molecule has 1 aromatic rings. The Labute approximate surface area is 146 Å². The molecule has 0 spiro atoms. The molecule has 140 valence electrons. The monoisotopic (exact) mass is 356 g/mol. The summed E-state index contributed by atoms with van der Waals surface area (Å²) in [6, 6.07) is 1.79. The highest BCUT2D eigenvalue weighted by Gasteiger charge is 2.20. The van der Waals surface area contributed by atoms with E-state index in [1.54, 1.807) is 0 Å². The molecule has 0 radical (unpaired) electrons. The fourth-order valence-electron chi connectivity index (χ4n) is 2.37. The number of unbranched alkanes of at least 4 members (excludes halogenated alkanes) is 2. The van der Waals surface area contributed by atoms with Crippen molar-refractivity contribution in [1.82, 2.24) is 5.32 Å². The van der Waals surface area contributed by atoms with Crippen molar-refractivity contribution < 1.29 is 23.1 Å². The number of rotatable bonds is 10. The second-order valence-electron chi connectivity index (χ2n) is 6.46. The lowest BCUT2D eigenvalue weighted by Gasteiger charge is -2.16. The van der Waals surface area contributed by atoms with Crippen LogP contribution < -0.4 is 11.1 Å². The molecule has 1 atom stereocenters. The third-order valence-electron chi connectivity index (χ3n) is 3.66. The molecule has 0 aliphatic carbocycles. The minimum Gasteiger partial charge on any atom is -0.450 e. The molecule has 0 bridgehead atoms. The predicted octanol–water partition coefficient (Wildman–Crippen LogP) is 3.30. The third kappa shape index (κ3) is 9.02. The lowest BCUT2D eigenvalue weighted by Crippen LogP contribution is -2.46. The van der Waals surface area contributed by atoms with E-state index in [9.17, 15) is 18.4 Å². The number of carbonyl (C=O) groups is 2. The Morgan fingerprint density at radius 1 is 1.12 bits per heavy atom. The Balaban J connectivity index is 2.41. The molecule has 0 aromatic heterocycles. The van der Waals surface area contributed by atoms with Gasteiger partial charge in [-0.15, -0.1) is 0 Å². The van der Waals surface area contributed by atoms with Crippen molar-refractivity contribution in [1.29, 1.82) is 0 Å². The molecular formula is C18H26F2N2O3. The minimum atomic E-state index is -1.10. The molecule has 0 saturated carbocycles. The maximum atomic E-state index is 13.2. The van der Waals surface area contributed by atoms with Gasteiger partial charge in [0.15, 0.2) is 0 Å². The van der Waals surface area contributed by atoms with Gasteiger partial charge in [-0.1, -0.05) is 33.1 Å². The number of alkyl carbamates (subject to hydrolysis) is 1. The predicted molar refractivity (Wildman–Crippen MR) is 90.8 cm³/mol. The first-order valence-electron chi connectivity index (χ1n) is 8.45. The Bertz CT molecular complexity index is 559. The van der Waals surface area contributed by atoms with Gasteiger partial charge in [0, 0.05) is 12.5 Å². The van der Waals surface area contributed by atoms with Gasteiger partial charge in [0.2, 0.25) is 5.91 Å². The van der Waals surface area contributed by atoms with Crippen LogP contribution in [0.4, 0.5) is 13.6 Å². The average molecular weight is 356 g/mol. The van der Waals surface area contributed by atoms with Gasteiger partial charge in [-0.25, -0.2) is 13.6 Å². The van der Waals surface area contributed by atoms with Crippen LogP contribution in [0, 0.1) is 17.6 Å². The number of nitrogens with one attached hydrogen (secondary N) is 1. The molecule has 25 heavy (non-hydrogen) atoms. The molecule has 0 saturated heterocycles. The zero-order valence-corrected chi connectivity index (χ0v) is 14.7. The van der Waals surface area contributed by atoms with Gasteiger partial charge >= 0.3 is 6.09 Å². The van der Waals surface area contributed by atoms with Crippen LogP contribution in [0.25, 0.3) is 0 Å². The maximum absolute atomic E-state index is 13.2. The van der Waals surface area contributed by atoms with E-state index >= 15 is 0 Å². The van der Waals surface area contributed by atoms with Gasteiger partial charge in [0.05, 0.1) is 6.61 Å². The largest absolute Gasteiger partial charge is 0.450 e. The number of amides is 2. The van der Waals surface area contributed by atoms with Crippen molar-refractivity contribution in [3.8, 4) is 0 Å². The van der Waals surface area contributed by atoms with E-state index in [2.05, 4.69) is 19.2 Å². The number of halogens is 2. The standard InChI is InChI=1S/C18H26F2N2O3/c1-12(2)6-4-3-5-7-25-18(24)22-16(17(21)23)10-13-8-14(19)11-15(20)9-13/h8-9,11-12,16H,3-7,10H2,1-2H3,(H2,21,23)(H,22,24). The number of carbonyl (C=O) groups excluding carboxylic acids is 2. The number of primary amides is 1. The SMILES string of the molecule is CC(C)CCCCCOC(=O)NC(Cc1cc(F)cc(F)c1)C(N)=O. The summed E-state index contributed by atoms with van der Waals surface area (Å²) in [5, 5.41) is 2.33. The van der Waals surface area contributed by atoms with Crippen LogP contribution in [0.5, 0.6) is 0 Å². The number of benzene rings is 1. The van der Waals surface area contributed by atoms with E-state index in [4.69, 9.17) is 10.5 Å². The smallest absolute Gasteiger partial charge is 0.407 e. The summed E-state index contributed by atoms with van der Waals surface area (Å²) in [6.07, 6.45) is 2.99. The second kappa shape index (κ2) is 10.6. The average Bonchev–Trinajstić information content (AvgIpc) is 2.48.